The van der Waals surface area contributed by atoms with Crippen LogP contribution in [-0.2, 0) is 0 Å². The Morgan fingerprint density at radius 1 is 0.600 bits per heavy atom. The lowest BCUT2D eigenvalue weighted by Crippen LogP contribution is -2.15. The first-order valence-electron chi connectivity index (χ1n) is 12.0. The summed E-state index contributed by atoms with van der Waals surface area (Å²) >= 11 is 0. The summed E-state index contributed by atoms with van der Waals surface area (Å²) in [7, 11) is 0. The monoisotopic (exact) mass is 622 g/mol. The predicted molar refractivity (Wildman–Crippen MR) is 177 cm³/mol. The number of nitrogens with two attached hydrogens (primary N) is 2. The molecule has 3 aromatic carbocycles. The number of hydrogen-bond donors (Lipinski definition) is 4. The third-order valence-electron chi connectivity index (χ3n) is 5.78. The molecule has 6 N–H and O–H groups in total. The first kappa shape index (κ1) is 34.7. The highest BCUT2D eigenvalue weighted by Crippen LogP contribution is 2.26. The summed E-state index contributed by atoms with van der Waals surface area (Å²) in [5, 5.41) is 0. The van der Waals surface area contributed by atoms with Crippen LogP contribution in [0.4, 0.5) is 0 Å². The fourth-order valence-electron chi connectivity index (χ4n) is 4.10. The molecule has 0 aliphatic rings. The molecule has 0 fully saturated rings. The molecule has 0 atom stereocenters. The minimum Gasteiger partial charge on any atom is -0.383 e. The number of fused-ring (bicyclic) bond motifs is 2. The molecule has 12 heteroatoms. The highest BCUT2D eigenvalue weighted by Gasteiger charge is 2.11. The van der Waals surface area contributed by atoms with Gasteiger partial charge in [0.05, 0.1) is 22.1 Å². The molecule has 0 aliphatic heterocycles. The second-order valence-electron chi connectivity index (χ2n) is 9.43. The zero-order chi connectivity index (χ0) is 25.4. The molecular formula is C28H34Cl4N8. The van der Waals surface area contributed by atoms with Crippen LogP contribution in [0.5, 0.6) is 0 Å². The molecule has 8 nitrogen and oxygen atoms in total. The van der Waals surface area contributed by atoms with Crippen LogP contribution in [0.15, 0.2) is 70.6 Å². The molecule has 0 saturated heterocycles. The standard InChI is InChI=1S/C28H30N8.4ClH/c1-15(2)31-25(29)19-9-11-21-23(13-19)35-27(33-21)17-5-7-18(8-6-17)28-34-22-12-10-20(14-24(22)36-28)26(30)32-16(3)4;;;;/h5-16H,1-4H3,(H2,29,31)(H2,30,32)(H,33,35)(H,34,36);4*1H. The maximum atomic E-state index is 6.14. The van der Waals surface area contributed by atoms with Gasteiger partial charge in [0.15, 0.2) is 0 Å². The fraction of sp³-hybridized carbons (Fsp3) is 0.214. The van der Waals surface area contributed by atoms with E-state index in [-0.39, 0.29) is 61.7 Å². The van der Waals surface area contributed by atoms with Gasteiger partial charge in [-0.05, 0) is 64.1 Å². The Morgan fingerprint density at radius 2 is 0.950 bits per heavy atom. The number of H-pyrrole nitrogens is 2. The van der Waals surface area contributed by atoms with Gasteiger partial charge in [-0.15, -0.1) is 49.6 Å². The summed E-state index contributed by atoms with van der Waals surface area (Å²) in [5.74, 6) is 2.64. The third-order valence-corrected chi connectivity index (χ3v) is 5.78. The molecule has 0 bridgehead atoms. The Hall–Kier alpha value is -3.30. The summed E-state index contributed by atoms with van der Waals surface area (Å²) in [6.45, 7) is 8.02. The zero-order valence-electron chi connectivity index (χ0n) is 22.5. The second kappa shape index (κ2) is 14.4. The van der Waals surface area contributed by atoms with E-state index in [4.69, 9.17) is 21.4 Å². The maximum absolute atomic E-state index is 6.14. The van der Waals surface area contributed by atoms with Crippen molar-refractivity contribution >= 4 is 83.4 Å². The van der Waals surface area contributed by atoms with E-state index in [2.05, 4.69) is 20.0 Å². The summed E-state index contributed by atoms with van der Waals surface area (Å²) in [6, 6.07) is 20.2. The minimum atomic E-state index is 0. The van der Waals surface area contributed by atoms with Gasteiger partial charge in [-0.1, -0.05) is 24.3 Å². The van der Waals surface area contributed by atoms with Gasteiger partial charge in [0.1, 0.15) is 23.3 Å². The number of amidine groups is 2. The van der Waals surface area contributed by atoms with Crippen molar-refractivity contribution in [2.75, 3.05) is 0 Å². The number of benzene rings is 3. The molecule has 0 amide bonds. The van der Waals surface area contributed by atoms with Crippen molar-refractivity contribution in [2.45, 2.75) is 39.8 Å². The number of aromatic nitrogens is 4. The van der Waals surface area contributed by atoms with Gasteiger partial charge in [-0.25, -0.2) is 9.97 Å². The average Bonchev–Trinajstić information content (AvgIpc) is 3.46. The number of rotatable bonds is 6. The SMILES string of the molecule is CC(C)N=C(N)c1ccc2nc(-c3ccc(-c4nc5ccc(C(N)=NC(C)C)cc5[nH]4)cc3)[nH]c2c1.Cl.Cl.Cl.Cl. The summed E-state index contributed by atoms with van der Waals surface area (Å²) < 4.78 is 0. The molecular weight excluding hydrogens is 590 g/mol. The minimum absolute atomic E-state index is 0. The van der Waals surface area contributed by atoms with E-state index in [1.165, 1.54) is 0 Å². The van der Waals surface area contributed by atoms with Crippen molar-refractivity contribution in [3.8, 4) is 22.8 Å². The quantitative estimate of drug-likeness (QED) is 0.124. The molecule has 0 aliphatic carbocycles. The van der Waals surface area contributed by atoms with Crippen LogP contribution in [0.2, 0.25) is 0 Å². The van der Waals surface area contributed by atoms with Gasteiger partial charge in [0, 0.05) is 34.3 Å². The van der Waals surface area contributed by atoms with Gasteiger partial charge in [-0.3, -0.25) is 9.98 Å². The fourth-order valence-corrected chi connectivity index (χ4v) is 4.10. The lowest BCUT2D eigenvalue weighted by atomic mass is 10.1. The summed E-state index contributed by atoms with van der Waals surface area (Å²) in [6.07, 6.45) is 0. The second-order valence-corrected chi connectivity index (χ2v) is 9.43. The zero-order valence-corrected chi connectivity index (χ0v) is 25.8. The number of nitrogens with one attached hydrogen (secondary N) is 2. The Morgan fingerprint density at radius 3 is 1.27 bits per heavy atom. The van der Waals surface area contributed by atoms with E-state index in [1.54, 1.807) is 0 Å². The number of halogens is 4. The molecule has 5 rings (SSSR count). The van der Waals surface area contributed by atoms with Gasteiger partial charge in [0.25, 0.3) is 0 Å². The lowest BCUT2D eigenvalue weighted by Gasteiger charge is -2.03. The molecule has 214 valence electrons. The molecule has 2 heterocycles. The number of aliphatic imine (C=N–C) groups is 2. The van der Waals surface area contributed by atoms with Gasteiger partial charge in [0.2, 0.25) is 0 Å². The summed E-state index contributed by atoms with van der Waals surface area (Å²) in [5.41, 5.74) is 19.6. The Labute approximate surface area is 258 Å². The smallest absolute Gasteiger partial charge is 0.138 e. The van der Waals surface area contributed by atoms with E-state index < -0.39 is 0 Å². The molecule has 2 aromatic heterocycles. The van der Waals surface area contributed by atoms with Crippen molar-refractivity contribution in [3.05, 3.63) is 71.8 Å². The normalized spacial score (nSPS) is 11.7. The highest BCUT2D eigenvalue weighted by molar-refractivity contribution is 6.01. The van der Waals surface area contributed by atoms with Gasteiger partial charge < -0.3 is 21.4 Å². The van der Waals surface area contributed by atoms with E-state index >= 15 is 0 Å². The first-order valence-corrected chi connectivity index (χ1v) is 12.0. The van der Waals surface area contributed by atoms with Gasteiger partial charge >= 0.3 is 0 Å². The Bertz CT molecular complexity index is 1500. The van der Waals surface area contributed by atoms with E-state index in [0.717, 1.165) is 56.0 Å². The van der Waals surface area contributed by atoms with Crippen LogP contribution in [0.25, 0.3) is 44.8 Å². The van der Waals surface area contributed by atoms with E-state index in [0.29, 0.717) is 11.7 Å². The largest absolute Gasteiger partial charge is 0.383 e. The molecule has 0 spiro atoms. The summed E-state index contributed by atoms with van der Waals surface area (Å²) in [4.78, 5) is 25.2. The first-order chi connectivity index (χ1) is 17.3. The van der Waals surface area contributed by atoms with Crippen LogP contribution >= 0.6 is 49.6 Å². The Kier molecular flexibility index (Phi) is 12.5. The average molecular weight is 624 g/mol. The maximum Gasteiger partial charge on any atom is 0.138 e. The van der Waals surface area contributed by atoms with Crippen molar-refractivity contribution in [2.24, 2.45) is 21.5 Å². The van der Waals surface area contributed by atoms with Crippen molar-refractivity contribution < 1.29 is 0 Å². The van der Waals surface area contributed by atoms with Crippen LogP contribution in [0, 0.1) is 0 Å². The van der Waals surface area contributed by atoms with Crippen molar-refractivity contribution in [3.63, 3.8) is 0 Å². The molecule has 40 heavy (non-hydrogen) atoms. The van der Waals surface area contributed by atoms with Crippen molar-refractivity contribution in [1.29, 1.82) is 0 Å². The predicted octanol–water partition coefficient (Wildman–Crippen LogP) is 6.69. The topological polar surface area (TPSA) is 134 Å². The Balaban J connectivity index is 0.00000200. The van der Waals surface area contributed by atoms with Crippen LogP contribution < -0.4 is 11.5 Å². The van der Waals surface area contributed by atoms with Crippen LogP contribution in [0.3, 0.4) is 0 Å². The molecule has 0 radical (unpaired) electrons. The number of imidazole rings is 2. The van der Waals surface area contributed by atoms with Gasteiger partial charge in [-0.2, -0.15) is 0 Å². The van der Waals surface area contributed by atoms with E-state index in [9.17, 15) is 0 Å². The highest BCUT2D eigenvalue weighted by atomic mass is 35.5. The number of aromatic amines is 2. The lowest BCUT2D eigenvalue weighted by molar-refractivity contribution is 0.834. The van der Waals surface area contributed by atoms with Crippen molar-refractivity contribution in [1.82, 2.24) is 19.9 Å². The third kappa shape index (κ3) is 7.46. The molecule has 0 saturated carbocycles. The van der Waals surface area contributed by atoms with E-state index in [1.807, 2.05) is 88.4 Å². The molecule has 5 aromatic rings. The number of hydrogen-bond acceptors (Lipinski definition) is 4. The number of nitrogens with zero attached hydrogens (tertiary/aromatic N) is 4. The molecule has 0 unspecified atom stereocenters. The van der Waals surface area contributed by atoms with Crippen LogP contribution in [0.1, 0.15) is 38.8 Å². The van der Waals surface area contributed by atoms with Crippen LogP contribution in [-0.4, -0.2) is 43.7 Å².